The first-order valence-electron chi connectivity index (χ1n) is 13.6. The van der Waals surface area contributed by atoms with Gasteiger partial charge in [-0.25, -0.2) is 0 Å². The third-order valence-corrected chi connectivity index (χ3v) is 7.45. The Morgan fingerprint density at radius 2 is 1.97 bits per heavy atom. The Balaban J connectivity index is 1.53. The predicted octanol–water partition coefficient (Wildman–Crippen LogP) is 6.11. The molecule has 1 amide bonds. The lowest BCUT2D eigenvalue weighted by Crippen LogP contribution is -2.26. The maximum Gasteiger partial charge on any atom is 0.258 e. The van der Waals surface area contributed by atoms with Crippen LogP contribution in [-0.4, -0.2) is 48.9 Å². The Bertz CT molecular complexity index is 1180. The summed E-state index contributed by atoms with van der Waals surface area (Å²) in [7, 11) is 3.63. The number of aliphatic imine (C=N–C) groups is 1. The fourth-order valence-corrected chi connectivity index (χ4v) is 5.44. The van der Waals surface area contributed by atoms with Gasteiger partial charge >= 0.3 is 0 Å². The Hall–Kier alpha value is -3.12. The average Bonchev–Trinajstić information content (AvgIpc) is 3.33. The Kier molecular flexibility index (Phi) is 9.04. The van der Waals surface area contributed by atoms with E-state index < -0.39 is 0 Å². The largest absolute Gasteiger partial charge is 0.507 e. The van der Waals surface area contributed by atoms with Crippen molar-refractivity contribution in [3.63, 3.8) is 0 Å². The Morgan fingerprint density at radius 1 is 1.16 bits per heavy atom. The monoisotopic (exact) mass is 503 g/mol. The number of benzene rings is 2. The number of phenols is 1. The highest BCUT2D eigenvalue weighted by molar-refractivity contribution is 6.09. The van der Waals surface area contributed by atoms with E-state index in [-0.39, 0.29) is 11.7 Å². The van der Waals surface area contributed by atoms with Crippen LogP contribution in [0.5, 0.6) is 5.75 Å². The second-order valence-electron chi connectivity index (χ2n) is 10.3. The maximum absolute atomic E-state index is 13.6. The van der Waals surface area contributed by atoms with Crippen LogP contribution < -0.4 is 5.32 Å². The summed E-state index contributed by atoms with van der Waals surface area (Å²) in [6, 6.07) is 9.91. The number of aromatic hydroxyl groups is 1. The van der Waals surface area contributed by atoms with E-state index in [1.54, 1.807) is 13.1 Å². The molecule has 1 aliphatic carbocycles. The van der Waals surface area contributed by atoms with E-state index in [0.717, 1.165) is 54.8 Å². The highest BCUT2D eigenvalue weighted by atomic mass is 16.5. The van der Waals surface area contributed by atoms with Gasteiger partial charge in [-0.2, -0.15) is 0 Å². The molecule has 1 heterocycles. The van der Waals surface area contributed by atoms with Gasteiger partial charge in [0.05, 0.1) is 12.2 Å². The first-order valence-corrected chi connectivity index (χ1v) is 13.6. The number of fused-ring (bicyclic) bond motifs is 1. The van der Waals surface area contributed by atoms with Crippen LogP contribution in [0, 0.1) is 5.92 Å². The topological polar surface area (TPSA) is 74.2 Å². The van der Waals surface area contributed by atoms with Crippen LogP contribution in [-0.2, 0) is 24.2 Å². The molecular weight excluding hydrogens is 462 g/mol. The van der Waals surface area contributed by atoms with Crippen LogP contribution in [0.15, 0.2) is 47.0 Å². The molecule has 1 atom stereocenters. The maximum atomic E-state index is 13.6. The lowest BCUT2D eigenvalue weighted by molar-refractivity contribution is 0.0748. The van der Waals surface area contributed by atoms with E-state index in [0.29, 0.717) is 31.2 Å². The quantitative estimate of drug-likeness (QED) is 0.233. The number of rotatable bonds is 10. The normalized spacial score (nSPS) is 17.5. The lowest BCUT2D eigenvalue weighted by atomic mass is 9.87. The summed E-state index contributed by atoms with van der Waals surface area (Å²) < 4.78 is 5.64. The average molecular weight is 504 g/mol. The standard InChI is InChI=1S/C31H41N3O3/c1-5-12-37-13-11-22-9-10-24-19-34(20-25(24)15-22)31(36)27-17-26(29(33-4)18-30(27)35)28(32-3)16-23-8-6-7-21(2)14-23/h9-10,14-15,17-18,21,33,35H,5-8,11-13,16,19-20H2,1-4H3. The number of ether oxygens (including phenoxy) is 1. The highest BCUT2D eigenvalue weighted by Gasteiger charge is 2.28. The SMILES string of the molecule is CCCOCCc1ccc2c(c1)CN(C(=O)c1cc(C(CC3=CC(C)CCC3)=NC)c(NC)cc1O)C2. The molecule has 0 saturated heterocycles. The molecule has 6 heteroatoms. The molecular formula is C31H41N3O3. The van der Waals surface area contributed by atoms with Gasteiger partial charge < -0.3 is 20.1 Å². The first-order chi connectivity index (χ1) is 17.9. The fraction of sp³-hybridized carbons (Fsp3) is 0.484. The van der Waals surface area contributed by atoms with Crippen LogP contribution in [0.3, 0.4) is 0 Å². The molecule has 1 aliphatic heterocycles. The molecule has 2 aromatic rings. The van der Waals surface area contributed by atoms with Crippen molar-refractivity contribution in [2.75, 3.05) is 32.6 Å². The highest BCUT2D eigenvalue weighted by Crippen LogP contribution is 2.33. The number of hydrogen-bond donors (Lipinski definition) is 2. The van der Waals surface area contributed by atoms with Gasteiger partial charge in [-0.05, 0) is 60.8 Å². The summed E-state index contributed by atoms with van der Waals surface area (Å²) in [5.41, 5.74) is 7.85. The number of nitrogens with zero attached hydrogens (tertiary/aromatic N) is 2. The van der Waals surface area contributed by atoms with Crippen molar-refractivity contribution < 1.29 is 14.6 Å². The van der Waals surface area contributed by atoms with Crippen molar-refractivity contribution in [1.82, 2.24) is 4.90 Å². The van der Waals surface area contributed by atoms with Crippen LogP contribution in [0.1, 0.15) is 78.6 Å². The molecule has 0 spiro atoms. The molecule has 0 saturated carbocycles. The second-order valence-corrected chi connectivity index (χ2v) is 10.3. The Morgan fingerprint density at radius 3 is 2.70 bits per heavy atom. The zero-order valence-electron chi connectivity index (χ0n) is 22.8. The third kappa shape index (κ3) is 6.42. The number of amides is 1. The Labute approximate surface area is 221 Å². The van der Waals surface area contributed by atoms with Crippen molar-refractivity contribution in [3.05, 3.63) is 69.8 Å². The molecule has 0 bridgehead atoms. The zero-order chi connectivity index (χ0) is 26.4. The van der Waals surface area contributed by atoms with Gasteiger partial charge in [0, 0.05) is 63.2 Å². The summed E-state index contributed by atoms with van der Waals surface area (Å²) >= 11 is 0. The lowest BCUT2D eigenvalue weighted by Gasteiger charge is -2.21. The summed E-state index contributed by atoms with van der Waals surface area (Å²) in [6.07, 6.45) is 8.53. The van der Waals surface area contributed by atoms with Crippen molar-refractivity contribution in [2.45, 2.75) is 65.5 Å². The molecule has 0 fully saturated rings. The molecule has 0 radical (unpaired) electrons. The number of nitrogens with one attached hydrogen (secondary N) is 1. The second kappa shape index (κ2) is 12.4. The fourth-order valence-electron chi connectivity index (χ4n) is 5.44. The van der Waals surface area contributed by atoms with Gasteiger partial charge in [0.1, 0.15) is 5.75 Å². The number of carbonyl (C=O) groups excluding carboxylic acids is 1. The smallest absolute Gasteiger partial charge is 0.258 e. The van der Waals surface area contributed by atoms with Crippen LogP contribution in [0.4, 0.5) is 5.69 Å². The van der Waals surface area contributed by atoms with E-state index in [4.69, 9.17) is 4.74 Å². The van der Waals surface area contributed by atoms with E-state index in [9.17, 15) is 9.90 Å². The summed E-state index contributed by atoms with van der Waals surface area (Å²) in [5.74, 6) is 0.416. The van der Waals surface area contributed by atoms with Gasteiger partial charge in [-0.3, -0.25) is 9.79 Å². The molecule has 2 aliphatic rings. The zero-order valence-corrected chi connectivity index (χ0v) is 22.8. The summed E-state index contributed by atoms with van der Waals surface area (Å²) in [5, 5.41) is 14.0. The van der Waals surface area contributed by atoms with Crippen molar-refractivity contribution in [1.29, 1.82) is 0 Å². The van der Waals surface area contributed by atoms with E-state index >= 15 is 0 Å². The molecule has 1 unspecified atom stereocenters. The molecule has 0 aromatic heterocycles. The van der Waals surface area contributed by atoms with Crippen LogP contribution in [0.25, 0.3) is 0 Å². The molecule has 6 nitrogen and oxygen atoms in total. The minimum Gasteiger partial charge on any atom is -0.507 e. The number of carbonyl (C=O) groups is 1. The van der Waals surface area contributed by atoms with Crippen molar-refractivity contribution >= 4 is 17.3 Å². The van der Waals surface area contributed by atoms with Crippen LogP contribution in [0.2, 0.25) is 0 Å². The van der Waals surface area contributed by atoms with E-state index in [2.05, 4.69) is 48.4 Å². The number of anilines is 1. The summed E-state index contributed by atoms with van der Waals surface area (Å²) in [4.78, 5) is 20.1. The predicted molar refractivity (Wildman–Crippen MR) is 151 cm³/mol. The summed E-state index contributed by atoms with van der Waals surface area (Å²) in [6.45, 7) is 6.95. The number of hydrogen-bond acceptors (Lipinski definition) is 5. The van der Waals surface area contributed by atoms with Gasteiger partial charge in [0.15, 0.2) is 0 Å². The van der Waals surface area contributed by atoms with E-state index in [1.165, 1.54) is 29.5 Å². The molecule has 37 heavy (non-hydrogen) atoms. The van der Waals surface area contributed by atoms with Gasteiger partial charge in [-0.15, -0.1) is 0 Å². The third-order valence-electron chi connectivity index (χ3n) is 7.45. The molecule has 2 aromatic carbocycles. The minimum atomic E-state index is -0.161. The molecule has 2 N–H and O–H groups in total. The number of allylic oxidation sites excluding steroid dienone is 2. The molecule has 198 valence electrons. The van der Waals surface area contributed by atoms with E-state index in [1.807, 2.05) is 18.0 Å². The molecule has 4 rings (SSSR count). The van der Waals surface area contributed by atoms with Crippen molar-refractivity contribution in [2.24, 2.45) is 10.9 Å². The minimum absolute atomic E-state index is 0.0104. The van der Waals surface area contributed by atoms with Crippen molar-refractivity contribution in [3.8, 4) is 5.75 Å². The first kappa shape index (κ1) is 26.9. The van der Waals surface area contributed by atoms with Gasteiger partial charge in [0.2, 0.25) is 0 Å². The number of phenolic OH excluding ortho intramolecular Hbond substituents is 1. The van der Waals surface area contributed by atoms with Gasteiger partial charge in [-0.1, -0.05) is 43.7 Å². The van der Waals surface area contributed by atoms with Crippen LogP contribution >= 0.6 is 0 Å². The van der Waals surface area contributed by atoms with Gasteiger partial charge in [0.25, 0.3) is 5.91 Å².